The SMILES string of the molecule is O=C(O)c1cc(Cl)c(C(=O)O)cc1Cl.O=C1CNC(=O)CN1. The van der Waals surface area contributed by atoms with Crippen LogP contribution in [0.1, 0.15) is 20.7 Å². The predicted octanol–water partition coefficient (Wildman–Crippen LogP) is 0.622. The van der Waals surface area contributed by atoms with Crippen LogP contribution in [-0.4, -0.2) is 47.1 Å². The molecule has 1 aromatic carbocycles. The molecule has 1 aliphatic rings. The normalized spacial score (nSPS) is 13.4. The zero-order valence-electron chi connectivity index (χ0n) is 10.9. The Morgan fingerprint density at radius 2 is 1.18 bits per heavy atom. The first-order valence-electron chi connectivity index (χ1n) is 5.71. The molecular weight excluding hydrogens is 339 g/mol. The second-order valence-electron chi connectivity index (χ2n) is 3.98. The van der Waals surface area contributed by atoms with E-state index in [2.05, 4.69) is 10.6 Å². The molecule has 1 aromatic rings. The summed E-state index contributed by atoms with van der Waals surface area (Å²) in [5, 5.41) is 21.7. The smallest absolute Gasteiger partial charge is 0.337 e. The number of carboxylic acid groups (broad SMARTS) is 2. The average molecular weight is 349 g/mol. The van der Waals surface area contributed by atoms with Crippen molar-refractivity contribution in [1.82, 2.24) is 10.6 Å². The van der Waals surface area contributed by atoms with Gasteiger partial charge >= 0.3 is 11.9 Å². The summed E-state index contributed by atoms with van der Waals surface area (Å²) in [4.78, 5) is 41.7. The molecule has 0 unspecified atom stereocenters. The first-order valence-corrected chi connectivity index (χ1v) is 6.47. The molecule has 0 saturated carbocycles. The van der Waals surface area contributed by atoms with Crippen LogP contribution in [0.5, 0.6) is 0 Å². The summed E-state index contributed by atoms with van der Waals surface area (Å²) in [7, 11) is 0. The number of hydrogen-bond donors (Lipinski definition) is 4. The van der Waals surface area contributed by atoms with Gasteiger partial charge in [0.15, 0.2) is 0 Å². The molecule has 8 nitrogen and oxygen atoms in total. The fraction of sp³-hybridized carbons (Fsp3) is 0.167. The Morgan fingerprint density at radius 1 is 0.864 bits per heavy atom. The van der Waals surface area contributed by atoms with Crippen molar-refractivity contribution in [2.24, 2.45) is 0 Å². The lowest BCUT2D eigenvalue weighted by atomic mass is 10.1. The summed E-state index contributed by atoms with van der Waals surface area (Å²) in [5.74, 6) is -2.75. The highest BCUT2D eigenvalue weighted by atomic mass is 35.5. The van der Waals surface area contributed by atoms with Crippen molar-refractivity contribution in [3.8, 4) is 0 Å². The summed E-state index contributed by atoms with van der Waals surface area (Å²) in [6.45, 7) is 0.248. The van der Waals surface area contributed by atoms with Crippen LogP contribution in [0.15, 0.2) is 12.1 Å². The molecule has 1 aliphatic heterocycles. The van der Waals surface area contributed by atoms with Crippen LogP contribution in [0.3, 0.4) is 0 Å². The van der Waals surface area contributed by atoms with Gasteiger partial charge in [0.25, 0.3) is 0 Å². The number of amides is 2. The summed E-state index contributed by atoms with van der Waals surface area (Å²) in [6, 6.07) is 2.02. The molecule has 1 saturated heterocycles. The highest BCUT2D eigenvalue weighted by Gasteiger charge is 2.16. The first-order chi connectivity index (χ1) is 10.2. The summed E-state index contributed by atoms with van der Waals surface area (Å²) in [5.41, 5.74) is -0.441. The summed E-state index contributed by atoms with van der Waals surface area (Å²) >= 11 is 11.1. The van der Waals surface area contributed by atoms with Crippen LogP contribution in [0.25, 0.3) is 0 Å². The molecule has 0 bridgehead atoms. The van der Waals surface area contributed by atoms with E-state index in [1.165, 1.54) is 0 Å². The van der Waals surface area contributed by atoms with Crippen molar-refractivity contribution in [1.29, 1.82) is 0 Å². The van der Waals surface area contributed by atoms with Gasteiger partial charge < -0.3 is 20.8 Å². The second kappa shape index (κ2) is 7.62. The van der Waals surface area contributed by atoms with Crippen molar-refractivity contribution in [2.75, 3.05) is 13.1 Å². The van der Waals surface area contributed by atoms with Gasteiger partial charge in [0.1, 0.15) is 0 Å². The molecule has 22 heavy (non-hydrogen) atoms. The van der Waals surface area contributed by atoms with E-state index in [-0.39, 0.29) is 46.1 Å². The van der Waals surface area contributed by atoms with Crippen LogP contribution in [0, 0.1) is 0 Å². The first kappa shape index (κ1) is 17.7. The third kappa shape index (κ3) is 4.90. The van der Waals surface area contributed by atoms with Crippen molar-refractivity contribution in [3.05, 3.63) is 33.3 Å². The minimum Gasteiger partial charge on any atom is -0.478 e. The van der Waals surface area contributed by atoms with Gasteiger partial charge in [-0.2, -0.15) is 0 Å². The lowest BCUT2D eigenvalue weighted by molar-refractivity contribution is -0.130. The minimum absolute atomic E-state index is 0.121. The maximum Gasteiger partial charge on any atom is 0.337 e. The van der Waals surface area contributed by atoms with E-state index in [1.807, 2.05) is 0 Å². The number of nitrogens with one attached hydrogen (secondary N) is 2. The zero-order valence-corrected chi connectivity index (χ0v) is 12.4. The lowest BCUT2D eigenvalue weighted by Gasteiger charge is -2.10. The maximum atomic E-state index is 10.6. The molecule has 0 aliphatic carbocycles. The van der Waals surface area contributed by atoms with E-state index in [9.17, 15) is 19.2 Å². The number of piperazine rings is 1. The Morgan fingerprint density at radius 3 is 1.41 bits per heavy atom. The molecule has 1 heterocycles. The number of aromatic carboxylic acids is 2. The molecule has 10 heteroatoms. The molecule has 118 valence electrons. The highest BCUT2D eigenvalue weighted by molar-refractivity contribution is 6.37. The van der Waals surface area contributed by atoms with E-state index < -0.39 is 11.9 Å². The van der Waals surface area contributed by atoms with Crippen molar-refractivity contribution >= 4 is 47.0 Å². The molecule has 0 spiro atoms. The summed E-state index contributed by atoms with van der Waals surface area (Å²) < 4.78 is 0. The molecule has 4 N–H and O–H groups in total. The number of halogens is 2. The fourth-order valence-corrected chi connectivity index (χ4v) is 1.85. The number of hydrogen-bond acceptors (Lipinski definition) is 4. The number of rotatable bonds is 2. The van der Waals surface area contributed by atoms with Crippen LogP contribution >= 0.6 is 23.2 Å². The molecule has 2 rings (SSSR count). The monoisotopic (exact) mass is 348 g/mol. The maximum absolute atomic E-state index is 10.6. The van der Waals surface area contributed by atoms with E-state index in [0.29, 0.717) is 0 Å². The number of carboxylic acids is 2. The minimum atomic E-state index is -1.26. The lowest BCUT2D eigenvalue weighted by Crippen LogP contribution is -2.48. The van der Waals surface area contributed by atoms with Gasteiger partial charge in [0.05, 0.1) is 34.3 Å². The van der Waals surface area contributed by atoms with Gasteiger partial charge in [0, 0.05) is 0 Å². The Labute approximate surface area is 134 Å². The number of benzene rings is 1. The fourth-order valence-electron chi connectivity index (χ4n) is 1.36. The Balaban J connectivity index is 0.000000255. The van der Waals surface area contributed by atoms with E-state index in [0.717, 1.165) is 12.1 Å². The number of carbonyl (C=O) groups is 4. The van der Waals surface area contributed by atoms with Gasteiger partial charge in [-0.25, -0.2) is 9.59 Å². The van der Waals surface area contributed by atoms with E-state index in [1.54, 1.807) is 0 Å². The predicted molar refractivity (Wildman–Crippen MR) is 76.4 cm³/mol. The van der Waals surface area contributed by atoms with Gasteiger partial charge in [-0.1, -0.05) is 23.2 Å². The topological polar surface area (TPSA) is 133 Å². The number of carbonyl (C=O) groups excluding carboxylic acids is 2. The second-order valence-corrected chi connectivity index (χ2v) is 4.79. The van der Waals surface area contributed by atoms with E-state index in [4.69, 9.17) is 33.4 Å². The Bertz CT molecular complexity index is 579. The highest BCUT2D eigenvalue weighted by Crippen LogP contribution is 2.25. The van der Waals surface area contributed by atoms with Gasteiger partial charge in [-0.3, -0.25) is 9.59 Å². The van der Waals surface area contributed by atoms with Crippen molar-refractivity contribution in [3.63, 3.8) is 0 Å². The molecule has 0 aromatic heterocycles. The Hall–Kier alpha value is -2.32. The van der Waals surface area contributed by atoms with Crippen molar-refractivity contribution in [2.45, 2.75) is 0 Å². The van der Waals surface area contributed by atoms with Crippen LogP contribution in [0.2, 0.25) is 10.0 Å². The summed E-state index contributed by atoms with van der Waals surface area (Å²) in [6.07, 6.45) is 0. The molecular formula is C12H10Cl2N2O6. The van der Waals surface area contributed by atoms with E-state index >= 15 is 0 Å². The third-order valence-corrected chi connectivity index (χ3v) is 3.04. The van der Waals surface area contributed by atoms with Gasteiger partial charge in [0.2, 0.25) is 11.8 Å². The molecule has 2 amide bonds. The molecule has 1 fully saturated rings. The average Bonchev–Trinajstić information content (AvgIpc) is 2.44. The largest absolute Gasteiger partial charge is 0.478 e. The Kier molecular flexibility index (Phi) is 6.14. The third-order valence-electron chi connectivity index (χ3n) is 2.41. The standard InChI is InChI=1S/C8H4Cl2O4.C4H6N2O2/c9-5-1-3(7(11)12)6(10)2-4(5)8(13)14;7-3-1-5-4(8)2-6-3/h1-2H,(H,11,12)(H,13,14);1-2H2,(H,5,8)(H,6,7). The van der Waals surface area contributed by atoms with Crippen molar-refractivity contribution < 1.29 is 29.4 Å². The van der Waals surface area contributed by atoms with Gasteiger partial charge in [-0.15, -0.1) is 0 Å². The quantitative estimate of drug-likeness (QED) is 0.619. The van der Waals surface area contributed by atoms with Crippen LogP contribution < -0.4 is 10.6 Å². The van der Waals surface area contributed by atoms with Gasteiger partial charge in [-0.05, 0) is 12.1 Å². The van der Waals surface area contributed by atoms with Crippen LogP contribution in [-0.2, 0) is 9.59 Å². The van der Waals surface area contributed by atoms with Crippen LogP contribution in [0.4, 0.5) is 0 Å². The molecule has 0 radical (unpaired) electrons. The zero-order chi connectivity index (χ0) is 16.9. The molecule has 0 atom stereocenters.